The van der Waals surface area contributed by atoms with E-state index < -0.39 is 15.7 Å². The van der Waals surface area contributed by atoms with E-state index in [1.165, 1.54) is 19.2 Å². The molecule has 170 valence electrons. The van der Waals surface area contributed by atoms with Crippen LogP contribution in [0, 0.1) is 0 Å². The van der Waals surface area contributed by atoms with Gasteiger partial charge in [-0.3, -0.25) is 4.79 Å². The van der Waals surface area contributed by atoms with E-state index in [0.29, 0.717) is 41.7 Å². The predicted molar refractivity (Wildman–Crippen MR) is 123 cm³/mol. The number of sulfone groups is 1. The Balaban J connectivity index is 1.33. The summed E-state index contributed by atoms with van der Waals surface area (Å²) in [6.45, 7) is 0.777. The first-order valence-electron chi connectivity index (χ1n) is 10.4. The summed E-state index contributed by atoms with van der Waals surface area (Å²) < 4.78 is 47.7. The van der Waals surface area contributed by atoms with Gasteiger partial charge in [-0.15, -0.1) is 0 Å². The van der Waals surface area contributed by atoms with Crippen molar-refractivity contribution in [2.45, 2.75) is 11.3 Å². The molecule has 1 aliphatic rings. The van der Waals surface area contributed by atoms with Crippen molar-refractivity contribution in [3.05, 3.63) is 54.6 Å². The number of anilines is 1. The quantitative estimate of drug-likeness (QED) is 0.454. The topological polar surface area (TPSA) is 104 Å². The molecule has 0 atom stereocenters. The molecular formula is C24H21NO7S. The van der Waals surface area contributed by atoms with Gasteiger partial charge in [0.1, 0.15) is 30.1 Å². The second-order valence-corrected chi connectivity index (χ2v) is 9.68. The second-order valence-electron chi connectivity index (χ2n) is 7.57. The third-order valence-electron chi connectivity index (χ3n) is 5.44. The van der Waals surface area contributed by atoms with E-state index in [0.717, 1.165) is 16.4 Å². The highest BCUT2D eigenvalue weighted by Crippen LogP contribution is 2.36. The van der Waals surface area contributed by atoms with Gasteiger partial charge in [-0.2, -0.15) is 0 Å². The number of benzene rings is 3. The van der Waals surface area contributed by atoms with Crippen LogP contribution >= 0.6 is 0 Å². The highest BCUT2D eigenvalue weighted by molar-refractivity contribution is 7.91. The first kappa shape index (κ1) is 21.1. The molecular weight excluding hydrogens is 446 g/mol. The predicted octanol–water partition coefficient (Wildman–Crippen LogP) is 4.17. The summed E-state index contributed by atoms with van der Waals surface area (Å²) in [4.78, 5) is 12.7. The summed E-state index contributed by atoms with van der Waals surface area (Å²) in [6.07, 6.45) is -0.224. The molecule has 1 N–H and O–H groups in total. The number of furan rings is 1. The maximum absolute atomic E-state index is 12.8. The van der Waals surface area contributed by atoms with Gasteiger partial charge in [-0.05, 0) is 24.3 Å². The summed E-state index contributed by atoms with van der Waals surface area (Å²) in [5.74, 6) is 0.539. The molecule has 1 aromatic heterocycles. The third kappa shape index (κ3) is 4.07. The number of amides is 1. The van der Waals surface area contributed by atoms with E-state index in [1.807, 2.05) is 24.3 Å². The van der Waals surface area contributed by atoms with Gasteiger partial charge in [0.2, 0.25) is 5.91 Å². The van der Waals surface area contributed by atoms with Crippen molar-refractivity contribution >= 4 is 43.4 Å². The number of methoxy groups -OCH3 is 1. The zero-order valence-electron chi connectivity index (χ0n) is 17.8. The maximum atomic E-state index is 12.8. The summed E-state index contributed by atoms with van der Waals surface area (Å²) in [7, 11) is -2.19. The van der Waals surface area contributed by atoms with Gasteiger partial charge >= 0.3 is 0 Å². The first-order valence-corrected chi connectivity index (χ1v) is 12.0. The van der Waals surface area contributed by atoms with Gasteiger partial charge in [-0.25, -0.2) is 8.42 Å². The smallest absolute Gasteiger partial charge is 0.225 e. The van der Waals surface area contributed by atoms with Crippen molar-refractivity contribution in [1.82, 2.24) is 0 Å². The van der Waals surface area contributed by atoms with Crippen molar-refractivity contribution in [2.75, 3.05) is 31.4 Å². The first-order chi connectivity index (χ1) is 15.9. The molecule has 0 bridgehead atoms. The Kier molecular flexibility index (Phi) is 5.33. The molecule has 5 rings (SSSR count). The van der Waals surface area contributed by atoms with Crippen LogP contribution in [0.25, 0.3) is 21.9 Å². The number of hydrogen-bond acceptors (Lipinski definition) is 7. The van der Waals surface area contributed by atoms with Crippen LogP contribution in [-0.4, -0.2) is 40.4 Å². The molecule has 0 aliphatic carbocycles. The number of rotatable bonds is 6. The lowest BCUT2D eigenvalue weighted by atomic mass is 10.1. The van der Waals surface area contributed by atoms with Crippen LogP contribution in [0.15, 0.2) is 63.9 Å². The average Bonchev–Trinajstić information content (AvgIpc) is 3.19. The minimum absolute atomic E-state index is 0.0841. The van der Waals surface area contributed by atoms with Crippen LogP contribution in [-0.2, 0) is 14.6 Å². The molecule has 33 heavy (non-hydrogen) atoms. The minimum atomic E-state index is -3.69. The number of fused-ring (bicyclic) bond motifs is 4. The Bertz CT molecular complexity index is 1470. The average molecular weight is 467 g/mol. The molecule has 0 spiro atoms. The molecule has 2 heterocycles. The standard InChI is InChI=1S/C24H21NO7S/c1-29-22-13-17-16-4-2-3-5-19(16)32-21(17)14-18(22)25-24(26)8-11-33(27,28)15-6-7-20-23(12-15)31-10-9-30-20/h2-7,12-14H,8-11H2,1H3,(H,25,26). The van der Waals surface area contributed by atoms with Crippen molar-refractivity contribution in [1.29, 1.82) is 0 Å². The lowest BCUT2D eigenvalue weighted by Gasteiger charge is -2.18. The molecule has 0 radical (unpaired) electrons. The molecule has 1 aliphatic heterocycles. The SMILES string of the molecule is COc1cc2c(cc1NC(=O)CCS(=O)(=O)c1ccc3c(c1)OCCO3)oc1ccccc12. The number of nitrogens with one attached hydrogen (secondary N) is 1. The van der Waals surface area contributed by atoms with Gasteiger partial charge in [0.25, 0.3) is 0 Å². The highest BCUT2D eigenvalue weighted by Gasteiger charge is 2.21. The fourth-order valence-electron chi connectivity index (χ4n) is 3.79. The molecule has 0 saturated heterocycles. The normalized spacial score (nSPS) is 13.2. The maximum Gasteiger partial charge on any atom is 0.225 e. The number of hydrogen-bond donors (Lipinski definition) is 1. The lowest BCUT2D eigenvalue weighted by Crippen LogP contribution is -2.19. The summed E-state index contributed by atoms with van der Waals surface area (Å²) in [6, 6.07) is 15.5. The Morgan fingerprint density at radius 2 is 1.76 bits per heavy atom. The fraction of sp³-hybridized carbons (Fsp3) is 0.208. The van der Waals surface area contributed by atoms with E-state index >= 15 is 0 Å². The van der Waals surface area contributed by atoms with Crippen LogP contribution in [0.2, 0.25) is 0 Å². The van der Waals surface area contributed by atoms with Crippen LogP contribution < -0.4 is 19.5 Å². The lowest BCUT2D eigenvalue weighted by molar-refractivity contribution is -0.115. The monoisotopic (exact) mass is 467 g/mol. The Morgan fingerprint density at radius 3 is 2.58 bits per heavy atom. The molecule has 0 unspecified atom stereocenters. The number of para-hydroxylation sites is 1. The van der Waals surface area contributed by atoms with Crippen LogP contribution in [0.4, 0.5) is 5.69 Å². The fourth-order valence-corrected chi connectivity index (χ4v) is 5.04. The van der Waals surface area contributed by atoms with Crippen LogP contribution in [0.5, 0.6) is 17.2 Å². The van der Waals surface area contributed by atoms with Crippen LogP contribution in [0.3, 0.4) is 0 Å². The molecule has 3 aromatic carbocycles. The van der Waals surface area contributed by atoms with E-state index in [-0.39, 0.29) is 17.1 Å². The van der Waals surface area contributed by atoms with Crippen molar-refractivity contribution in [2.24, 2.45) is 0 Å². The number of ether oxygens (including phenoxy) is 3. The van der Waals surface area contributed by atoms with Crippen molar-refractivity contribution < 1.29 is 31.8 Å². The van der Waals surface area contributed by atoms with Crippen molar-refractivity contribution in [3.8, 4) is 17.2 Å². The second kappa shape index (κ2) is 8.32. The largest absolute Gasteiger partial charge is 0.495 e. The number of carbonyl (C=O) groups excluding carboxylic acids is 1. The molecule has 9 heteroatoms. The Hall–Kier alpha value is -3.72. The van der Waals surface area contributed by atoms with Gasteiger partial charge < -0.3 is 23.9 Å². The van der Waals surface area contributed by atoms with Gasteiger partial charge in [0.05, 0.1) is 23.4 Å². The summed E-state index contributed by atoms with van der Waals surface area (Å²) >= 11 is 0. The van der Waals surface area contributed by atoms with E-state index in [1.54, 1.807) is 18.2 Å². The van der Waals surface area contributed by atoms with Gasteiger partial charge in [-0.1, -0.05) is 18.2 Å². The van der Waals surface area contributed by atoms with Crippen molar-refractivity contribution in [3.63, 3.8) is 0 Å². The third-order valence-corrected chi connectivity index (χ3v) is 7.16. The van der Waals surface area contributed by atoms with E-state index in [4.69, 9.17) is 18.6 Å². The molecule has 0 saturated carbocycles. The minimum Gasteiger partial charge on any atom is -0.495 e. The van der Waals surface area contributed by atoms with E-state index in [2.05, 4.69) is 5.32 Å². The molecule has 8 nitrogen and oxygen atoms in total. The zero-order chi connectivity index (χ0) is 23.0. The van der Waals surface area contributed by atoms with Gasteiger partial charge in [0.15, 0.2) is 21.3 Å². The Labute approximate surface area is 190 Å². The molecule has 1 amide bonds. The molecule has 0 fully saturated rings. The van der Waals surface area contributed by atoms with E-state index in [9.17, 15) is 13.2 Å². The van der Waals surface area contributed by atoms with Gasteiger partial charge in [0, 0.05) is 29.3 Å². The molecule has 4 aromatic rings. The summed E-state index contributed by atoms with van der Waals surface area (Å²) in [5.41, 5.74) is 1.73. The Morgan fingerprint density at radius 1 is 0.970 bits per heavy atom. The number of carbonyl (C=O) groups is 1. The zero-order valence-corrected chi connectivity index (χ0v) is 18.6. The summed E-state index contributed by atoms with van der Waals surface area (Å²) in [5, 5.41) is 4.54. The van der Waals surface area contributed by atoms with Crippen LogP contribution in [0.1, 0.15) is 6.42 Å². The highest BCUT2D eigenvalue weighted by atomic mass is 32.2.